The average molecular weight is 181 g/mol. The van der Waals surface area contributed by atoms with Gasteiger partial charge in [0.25, 0.3) is 0 Å². The van der Waals surface area contributed by atoms with Gasteiger partial charge in [-0.2, -0.15) is 0 Å². The summed E-state index contributed by atoms with van der Waals surface area (Å²) in [7, 11) is 4.34. The van der Waals surface area contributed by atoms with Gasteiger partial charge in [0.2, 0.25) is 0 Å². The number of nitrogens with zero attached hydrogens (tertiary/aromatic N) is 1. The Labute approximate surface area is 82.8 Å². The van der Waals surface area contributed by atoms with E-state index in [1.165, 1.54) is 13.0 Å². The molecule has 76 valence electrons. The van der Waals surface area contributed by atoms with E-state index in [-0.39, 0.29) is 0 Å². The maximum absolute atomic E-state index is 2.45. The summed E-state index contributed by atoms with van der Waals surface area (Å²) in [6.45, 7) is 8.24. The van der Waals surface area contributed by atoms with Crippen LogP contribution < -0.4 is 0 Å². The minimum absolute atomic E-state index is 0.756. The molecule has 0 bridgehead atoms. The molecule has 1 aliphatic carbocycles. The smallest absolute Gasteiger partial charge is 0.00117 e. The molecule has 3 atom stereocenters. The Kier molecular flexibility index (Phi) is 3.55. The van der Waals surface area contributed by atoms with Gasteiger partial charge in [0.05, 0.1) is 0 Å². The zero-order valence-corrected chi connectivity index (χ0v) is 9.67. The summed E-state index contributed by atoms with van der Waals surface area (Å²) < 4.78 is 0. The van der Waals surface area contributed by atoms with Crippen LogP contribution in [-0.2, 0) is 0 Å². The van der Waals surface area contributed by atoms with Gasteiger partial charge in [-0.1, -0.05) is 25.5 Å². The van der Waals surface area contributed by atoms with E-state index in [0.717, 1.165) is 17.8 Å². The lowest BCUT2D eigenvalue weighted by molar-refractivity contribution is 0.204. The normalized spacial score (nSPS) is 34.9. The van der Waals surface area contributed by atoms with Crippen molar-refractivity contribution in [1.29, 1.82) is 0 Å². The van der Waals surface area contributed by atoms with Gasteiger partial charge in [-0.3, -0.25) is 0 Å². The second-order valence-corrected chi connectivity index (χ2v) is 4.98. The topological polar surface area (TPSA) is 3.24 Å². The van der Waals surface area contributed by atoms with Crippen molar-refractivity contribution >= 4 is 0 Å². The fraction of sp³-hybridized carbons (Fsp3) is 0.833. The molecular weight excluding hydrogens is 158 g/mol. The highest BCUT2D eigenvalue weighted by Gasteiger charge is 2.26. The Balaban J connectivity index is 2.63. The SMILES string of the molecule is CC1=C[C@@H](C)[C@H](CN(C)C)[C@@H](C)C1. The lowest BCUT2D eigenvalue weighted by Gasteiger charge is -2.34. The van der Waals surface area contributed by atoms with Crippen molar-refractivity contribution in [3.63, 3.8) is 0 Å². The van der Waals surface area contributed by atoms with Crippen molar-refractivity contribution in [2.45, 2.75) is 27.2 Å². The molecule has 0 heterocycles. The van der Waals surface area contributed by atoms with Crippen molar-refractivity contribution in [2.24, 2.45) is 17.8 Å². The zero-order chi connectivity index (χ0) is 10.0. The molecule has 0 saturated heterocycles. The first-order chi connectivity index (χ1) is 6.00. The number of hydrogen-bond acceptors (Lipinski definition) is 1. The molecule has 0 aromatic rings. The van der Waals surface area contributed by atoms with Crippen molar-refractivity contribution in [3.8, 4) is 0 Å². The van der Waals surface area contributed by atoms with E-state index >= 15 is 0 Å². The third-order valence-corrected chi connectivity index (χ3v) is 3.17. The molecule has 0 radical (unpaired) electrons. The van der Waals surface area contributed by atoms with Crippen LogP contribution in [0.4, 0.5) is 0 Å². The highest BCUT2D eigenvalue weighted by Crippen LogP contribution is 2.33. The van der Waals surface area contributed by atoms with Gasteiger partial charge < -0.3 is 4.90 Å². The predicted molar refractivity (Wildman–Crippen MR) is 58.7 cm³/mol. The van der Waals surface area contributed by atoms with Gasteiger partial charge in [0, 0.05) is 6.54 Å². The van der Waals surface area contributed by atoms with Crippen LogP contribution in [0.15, 0.2) is 11.6 Å². The monoisotopic (exact) mass is 181 g/mol. The molecule has 1 nitrogen and oxygen atoms in total. The first kappa shape index (κ1) is 10.8. The van der Waals surface area contributed by atoms with E-state index in [4.69, 9.17) is 0 Å². The standard InChI is InChI=1S/C12H23N/c1-9-6-10(2)12(8-13(4)5)11(3)7-9/h6,10-12H,7-8H2,1-5H3/t10-,11+,12+/m1/s1. The molecule has 1 aliphatic rings. The summed E-state index contributed by atoms with van der Waals surface area (Å²) in [5.74, 6) is 2.45. The number of rotatable bonds is 2. The summed E-state index contributed by atoms with van der Waals surface area (Å²) in [4.78, 5) is 2.31. The third kappa shape index (κ3) is 2.84. The van der Waals surface area contributed by atoms with Crippen LogP contribution in [0.25, 0.3) is 0 Å². The van der Waals surface area contributed by atoms with Crippen LogP contribution in [0.5, 0.6) is 0 Å². The van der Waals surface area contributed by atoms with Gasteiger partial charge >= 0.3 is 0 Å². The molecule has 0 amide bonds. The average Bonchev–Trinajstić information content (AvgIpc) is 1.96. The van der Waals surface area contributed by atoms with Gasteiger partial charge in [-0.05, 0) is 45.2 Å². The van der Waals surface area contributed by atoms with Crippen LogP contribution in [0.1, 0.15) is 27.2 Å². The molecule has 13 heavy (non-hydrogen) atoms. The Morgan fingerprint density at radius 2 is 2.00 bits per heavy atom. The van der Waals surface area contributed by atoms with E-state index < -0.39 is 0 Å². The fourth-order valence-electron chi connectivity index (χ4n) is 2.59. The summed E-state index contributed by atoms with van der Waals surface area (Å²) in [5.41, 5.74) is 1.58. The van der Waals surface area contributed by atoms with Gasteiger partial charge in [-0.25, -0.2) is 0 Å². The van der Waals surface area contributed by atoms with Crippen molar-refractivity contribution < 1.29 is 0 Å². The Morgan fingerprint density at radius 3 is 2.46 bits per heavy atom. The molecule has 0 fully saturated rings. The second kappa shape index (κ2) is 4.28. The molecule has 1 heteroatoms. The molecular formula is C12H23N. The van der Waals surface area contributed by atoms with E-state index in [0.29, 0.717) is 0 Å². The molecule has 0 spiro atoms. The lowest BCUT2D eigenvalue weighted by Crippen LogP contribution is -2.32. The first-order valence-electron chi connectivity index (χ1n) is 5.32. The largest absolute Gasteiger partial charge is 0.309 e. The van der Waals surface area contributed by atoms with Crippen LogP contribution in [0.3, 0.4) is 0 Å². The molecule has 0 unspecified atom stereocenters. The Morgan fingerprint density at radius 1 is 1.38 bits per heavy atom. The van der Waals surface area contributed by atoms with Gasteiger partial charge in [0.1, 0.15) is 0 Å². The minimum atomic E-state index is 0.756. The summed E-state index contributed by atoms with van der Waals surface area (Å²) in [6, 6.07) is 0. The van der Waals surface area contributed by atoms with Crippen molar-refractivity contribution in [3.05, 3.63) is 11.6 Å². The van der Waals surface area contributed by atoms with Crippen molar-refractivity contribution in [2.75, 3.05) is 20.6 Å². The van der Waals surface area contributed by atoms with E-state index in [2.05, 4.69) is 45.8 Å². The quantitative estimate of drug-likeness (QED) is 0.592. The number of hydrogen-bond donors (Lipinski definition) is 0. The fourth-order valence-corrected chi connectivity index (χ4v) is 2.59. The van der Waals surface area contributed by atoms with Crippen LogP contribution >= 0.6 is 0 Å². The maximum Gasteiger partial charge on any atom is 0.00117 e. The van der Waals surface area contributed by atoms with E-state index in [9.17, 15) is 0 Å². The van der Waals surface area contributed by atoms with Gasteiger partial charge in [0.15, 0.2) is 0 Å². The Bertz CT molecular complexity index is 193. The maximum atomic E-state index is 2.45. The summed E-state index contributed by atoms with van der Waals surface area (Å²) >= 11 is 0. The van der Waals surface area contributed by atoms with E-state index in [1.807, 2.05) is 0 Å². The number of allylic oxidation sites excluding steroid dienone is 2. The molecule has 0 aromatic heterocycles. The molecule has 0 aliphatic heterocycles. The van der Waals surface area contributed by atoms with Gasteiger partial charge in [-0.15, -0.1) is 0 Å². The summed E-state index contributed by atoms with van der Waals surface area (Å²) in [6.07, 6.45) is 3.75. The highest BCUT2D eigenvalue weighted by atomic mass is 15.1. The summed E-state index contributed by atoms with van der Waals surface area (Å²) in [5, 5.41) is 0. The van der Waals surface area contributed by atoms with Crippen LogP contribution in [-0.4, -0.2) is 25.5 Å². The van der Waals surface area contributed by atoms with Crippen LogP contribution in [0.2, 0.25) is 0 Å². The lowest BCUT2D eigenvalue weighted by atomic mass is 9.75. The van der Waals surface area contributed by atoms with Crippen LogP contribution in [0, 0.1) is 17.8 Å². The molecule has 1 rings (SSSR count). The van der Waals surface area contributed by atoms with E-state index in [1.54, 1.807) is 5.57 Å². The van der Waals surface area contributed by atoms with Crippen molar-refractivity contribution in [1.82, 2.24) is 4.90 Å². The first-order valence-corrected chi connectivity index (χ1v) is 5.32. The Hall–Kier alpha value is -0.300. The molecule has 0 N–H and O–H groups in total. The molecule has 0 saturated carbocycles. The molecule has 0 aromatic carbocycles. The predicted octanol–water partition coefficient (Wildman–Crippen LogP) is 2.79. The second-order valence-electron chi connectivity index (χ2n) is 4.98. The third-order valence-electron chi connectivity index (χ3n) is 3.17. The zero-order valence-electron chi connectivity index (χ0n) is 9.67. The minimum Gasteiger partial charge on any atom is -0.309 e. The highest BCUT2D eigenvalue weighted by molar-refractivity contribution is 5.08.